The number of halogens is 1. The first-order chi connectivity index (χ1) is 13.6. The van der Waals surface area contributed by atoms with Gasteiger partial charge in [0.1, 0.15) is 0 Å². The van der Waals surface area contributed by atoms with Gasteiger partial charge in [0.05, 0.1) is 24.5 Å². The van der Waals surface area contributed by atoms with Crippen molar-refractivity contribution >= 4 is 45.3 Å². The van der Waals surface area contributed by atoms with Crippen LogP contribution in [0, 0.1) is 3.57 Å². The lowest BCUT2D eigenvalue weighted by Crippen LogP contribution is -2.35. The first-order valence-corrected chi connectivity index (χ1v) is 10.2. The molecule has 2 N–H and O–H groups in total. The van der Waals surface area contributed by atoms with Crippen LogP contribution in [0.4, 0.5) is 5.69 Å². The van der Waals surface area contributed by atoms with Crippen LogP contribution in [0.2, 0.25) is 0 Å². The summed E-state index contributed by atoms with van der Waals surface area (Å²) in [6, 6.07) is 13.5. The third-order valence-electron chi connectivity index (χ3n) is 4.79. The summed E-state index contributed by atoms with van der Waals surface area (Å²) in [7, 11) is 0. The molecule has 0 amide bonds. The fraction of sp³-hybridized carbons (Fsp3) is 0.238. The molecule has 28 heavy (non-hydrogen) atoms. The van der Waals surface area contributed by atoms with Crippen molar-refractivity contribution in [2.75, 3.05) is 26.3 Å². The molecule has 3 aromatic rings. The fourth-order valence-electron chi connectivity index (χ4n) is 3.28. The number of hydrogen-bond acceptors (Lipinski definition) is 5. The van der Waals surface area contributed by atoms with Gasteiger partial charge in [0, 0.05) is 40.2 Å². The van der Waals surface area contributed by atoms with E-state index >= 15 is 0 Å². The summed E-state index contributed by atoms with van der Waals surface area (Å²) in [4.78, 5) is 21.4. The van der Waals surface area contributed by atoms with E-state index in [1.165, 1.54) is 5.56 Å². The second-order valence-corrected chi connectivity index (χ2v) is 7.97. The van der Waals surface area contributed by atoms with E-state index < -0.39 is 0 Å². The lowest BCUT2D eigenvalue weighted by molar-refractivity contribution is 0.0342. The van der Waals surface area contributed by atoms with E-state index in [-0.39, 0.29) is 11.4 Å². The van der Waals surface area contributed by atoms with Gasteiger partial charge >= 0.3 is 0 Å². The Bertz CT molecular complexity index is 1070. The van der Waals surface area contributed by atoms with Crippen LogP contribution >= 0.6 is 22.6 Å². The van der Waals surface area contributed by atoms with E-state index in [0.717, 1.165) is 42.1 Å². The van der Waals surface area contributed by atoms with Crippen LogP contribution in [0.25, 0.3) is 10.8 Å². The standard InChI is InChI=1S/C21H20IN3O3/c22-15-3-6-17-18(11-15)19(21(27)24-20(17)26)12-23-16-4-1-14(2-5-16)13-25-7-9-28-10-8-25/h1-6,11-12H,7-10,13H2,(H2,24,26,27). The number of aromatic nitrogens is 1. The maximum absolute atomic E-state index is 12.1. The molecule has 0 radical (unpaired) electrons. The van der Waals surface area contributed by atoms with Crippen molar-refractivity contribution in [2.45, 2.75) is 6.54 Å². The Kier molecular flexibility index (Phi) is 5.74. The van der Waals surface area contributed by atoms with Crippen molar-refractivity contribution < 1.29 is 9.84 Å². The lowest BCUT2D eigenvalue weighted by Gasteiger charge is -2.26. The number of aliphatic imine (C=N–C) groups is 1. The summed E-state index contributed by atoms with van der Waals surface area (Å²) in [5, 5.41) is 11.4. The molecule has 144 valence electrons. The fourth-order valence-corrected chi connectivity index (χ4v) is 3.77. The number of pyridine rings is 1. The molecule has 1 saturated heterocycles. The summed E-state index contributed by atoms with van der Waals surface area (Å²) >= 11 is 2.18. The Balaban J connectivity index is 1.57. The van der Waals surface area contributed by atoms with Crippen molar-refractivity contribution in [1.29, 1.82) is 0 Å². The van der Waals surface area contributed by atoms with Gasteiger partial charge in [-0.1, -0.05) is 12.1 Å². The van der Waals surface area contributed by atoms with E-state index in [1.807, 2.05) is 24.3 Å². The van der Waals surface area contributed by atoms with Crippen LogP contribution < -0.4 is 5.56 Å². The van der Waals surface area contributed by atoms with E-state index in [2.05, 4.69) is 49.6 Å². The molecule has 1 aromatic heterocycles. The highest BCUT2D eigenvalue weighted by Crippen LogP contribution is 2.24. The summed E-state index contributed by atoms with van der Waals surface area (Å²) < 4.78 is 6.37. The molecule has 0 spiro atoms. The van der Waals surface area contributed by atoms with Gasteiger partial charge in [0.15, 0.2) is 0 Å². The second kappa shape index (κ2) is 8.42. The summed E-state index contributed by atoms with van der Waals surface area (Å²) in [5.74, 6) is -0.174. The number of fused-ring (bicyclic) bond motifs is 1. The van der Waals surface area contributed by atoms with E-state index in [1.54, 1.807) is 12.3 Å². The minimum absolute atomic E-state index is 0.174. The molecule has 1 aliphatic heterocycles. The van der Waals surface area contributed by atoms with Crippen molar-refractivity contribution in [3.05, 3.63) is 67.5 Å². The summed E-state index contributed by atoms with van der Waals surface area (Å²) in [5.41, 5.74) is 2.21. The monoisotopic (exact) mass is 489 g/mol. The highest BCUT2D eigenvalue weighted by Gasteiger charge is 2.11. The van der Waals surface area contributed by atoms with E-state index in [4.69, 9.17) is 4.74 Å². The SMILES string of the molecule is O=c1[nH]c(O)c(C=Nc2ccc(CN3CCOCC3)cc2)c2cc(I)ccc12. The number of nitrogens with zero attached hydrogens (tertiary/aromatic N) is 2. The maximum Gasteiger partial charge on any atom is 0.258 e. The molecule has 2 heterocycles. The van der Waals surface area contributed by atoms with Crippen molar-refractivity contribution in [2.24, 2.45) is 4.99 Å². The number of ether oxygens (including phenoxy) is 1. The predicted octanol–water partition coefficient (Wildman–Crippen LogP) is 3.42. The Morgan fingerprint density at radius 2 is 1.89 bits per heavy atom. The zero-order valence-corrected chi connectivity index (χ0v) is 17.3. The molecular weight excluding hydrogens is 469 g/mol. The number of morpholine rings is 1. The zero-order valence-electron chi connectivity index (χ0n) is 15.2. The largest absolute Gasteiger partial charge is 0.494 e. The van der Waals surface area contributed by atoms with Crippen LogP contribution in [-0.2, 0) is 11.3 Å². The molecule has 1 aliphatic rings. The van der Waals surface area contributed by atoms with E-state index in [0.29, 0.717) is 16.3 Å². The molecule has 1 fully saturated rings. The number of nitrogens with one attached hydrogen (secondary N) is 1. The summed E-state index contributed by atoms with van der Waals surface area (Å²) in [6.45, 7) is 4.39. The van der Waals surface area contributed by atoms with Crippen LogP contribution in [-0.4, -0.2) is 47.5 Å². The van der Waals surface area contributed by atoms with Crippen LogP contribution in [0.15, 0.2) is 52.3 Å². The van der Waals surface area contributed by atoms with Gasteiger partial charge in [-0.2, -0.15) is 0 Å². The van der Waals surface area contributed by atoms with Gasteiger partial charge in [0.2, 0.25) is 5.88 Å². The molecule has 0 unspecified atom stereocenters. The highest BCUT2D eigenvalue weighted by molar-refractivity contribution is 14.1. The molecule has 7 heteroatoms. The zero-order chi connectivity index (χ0) is 19.5. The quantitative estimate of drug-likeness (QED) is 0.435. The summed E-state index contributed by atoms with van der Waals surface area (Å²) in [6.07, 6.45) is 1.60. The van der Waals surface area contributed by atoms with Gasteiger partial charge in [-0.25, -0.2) is 0 Å². The Hall–Kier alpha value is -2.23. The minimum Gasteiger partial charge on any atom is -0.494 e. The van der Waals surface area contributed by atoms with Crippen LogP contribution in [0.1, 0.15) is 11.1 Å². The van der Waals surface area contributed by atoms with Gasteiger partial charge < -0.3 is 9.84 Å². The number of H-pyrrole nitrogens is 1. The van der Waals surface area contributed by atoms with E-state index in [9.17, 15) is 9.90 Å². The maximum atomic E-state index is 12.1. The normalized spacial score (nSPS) is 15.5. The lowest BCUT2D eigenvalue weighted by atomic mass is 10.1. The number of benzene rings is 2. The van der Waals surface area contributed by atoms with Crippen LogP contribution in [0.3, 0.4) is 0 Å². The van der Waals surface area contributed by atoms with Gasteiger partial charge in [-0.15, -0.1) is 0 Å². The molecule has 0 atom stereocenters. The first-order valence-electron chi connectivity index (χ1n) is 9.08. The molecule has 0 saturated carbocycles. The third kappa shape index (κ3) is 4.26. The van der Waals surface area contributed by atoms with Gasteiger partial charge in [-0.05, 0) is 58.5 Å². The molecule has 0 aliphatic carbocycles. The van der Waals surface area contributed by atoms with Crippen LogP contribution in [0.5, 0.6) is 5.88 Å². The number of rotatable bonds is 4. The number of aromatic hydroxyl groups is 1. The minimum atomic E-state index is -0.312. The highest BCUT2D eigenvalue weighted by atomic mass is 127. The molecule has 0 bridgehead atoms. The Morgan fingerprint density at radius 3 is 2.64 bits per heavy atom. The topological polar surface area (TPSA) is 77.9 Å². The van der Waals surface area contributed by atoms with Gasteiger partial charge in [0.25, 0.3) is 5.56 Å². The average molecular weight is 489 g/mol. The number of hydrogen-bond donors (Lipinski definition) is 2. The van der Waals surface area contributed by atoms with Crippen molar-refractivity contribution in [3.63, 3.8) is 0 Å². The molecule has 4 rings (SSSR count). The van der Waals surface area contributed by atoms with Gasteiger partial charge in [-0.3, -0.25) is 19.7 Å². The van der Waals surface area contributed by atoms with Crippen molar-refractivity contribution in [3.8, 4) is 5.88 Å². The Morgan fingerprint density at radius 1 is 1.14 bits per heavy atom. The molecule has 2 aromatic carbocycles. The smallest absolute Gasteiger partial charge is 0.258 e. The third-order valence-corrected chi connectivity index (χ3v) is 5.46. The Labute approximate surface area is 176 Å². The molecular formula is C21H20IN3O3. The van der Waals surface area contributed by atoms with Crippen molar-refractivity contribution in [1.82, 2.24) is 9.88 Å². The molecule has 6 nitrogen and oxygen atoms in total. The number of aromatic amines is 1. The first kappa shape index (κ1) is 19.1. The average Bonchev–Trinajstić information content (AvgIpc) is 2.69. The second-order valence-electron chi connectivity index (χ2n) is 6.72. The predicted molar refractivity (Wildman–Crippen MR) is 119 cm³/mol.